The highest BCUT2D eigenvalue weighted by Gasteiger charge is 2.11. The van der Waals surface area contributed by atoms with Gasteiger partial charge in [0.25, 0.3) is 5.91 Å². The van der Waals surface area contributed by atoms with E-state index in [9.17, 15) is 9.18 Å². The van der Waals surface area contributed by atoms with Gasteiger partial charge in [-0.2, -0.15) is 0 Å². The highest BCUT2D eigenvalue weighted by molar-refractivity contribution is 5.91. The third-order valence-electron chi connectivity index (χ3n) is 4.24. The van der Waals surface area contributed by atoms with E-state index >= 15 is 0 Å². The first-order valence-corrected chi connectivity index (χ1v) is 9.61. The molecule has 7 heteroatoms. The molecule has 0 spiro atoms. The minimum atomic E-state index is -0.329. The molecule has 3 aromatic rings. The molecule has 0 bridgehead atoms. The summed E-state index contributed by atoms with van der Waals surface area (Å²) in [6, 6.07) is 16.6. The summed E-state index contributed by atoms with van der Waals surface area (Å²) in [5.74, 6) is 1.34. The van der Waals surface area contributed by atoms with Gasteiger partial charge in [0, 0.05) is 13.1 Å². The number of benzene rings is 2. The van der Waals surface area contributed by atoms with Crippen LogP contribution in [0.15, 0.2) is 65.1 Å². The summed E-state index contributed by atoms with van der Waals surface area (Å²) in [4.78, 5) is 14.4. The van der Waals surface area contributed by atoms with Crippen LogP contribution in [0.25, 0.3) is 0 Å². The summed E-state index contributed by atoms with van der Waals surface area (Å²) in [6.07, 6.45) is 0. The van der Waals surface area contributed by atoms with E-state index in [0.717, 1.165) is 17.9 Å². The number of nitrogens with zero attached hydrogens (tertiary/aromatic N) is 1. The lowest BCUT2D eigenvalue weighted by atomic mass is 10.2. The van der Waals surface area contributed by atoms with Gasteiger partial charge in [0.15, 0.2) is 5.76 Å². The molecule has 0 unspecified atom stereocenters. The van der Waals surface area contributed by atoms with Crippen LogP contribution in [0, 0.1) is 5.82 Å². The van der Waals surface area contributed by atoms with Crippen molar-refractivity contribution in [1.82, 2.24) is 10.2 Å². The monoisotopic (exact) mass is 412 g/mol. The molecule has 158 valence electrons. The van der Waals surface area contributed by atoms with Crippen molar-refractivity contribution < 1.29 is 23.1 Å². The van der Waals surface area contributed by atoms with Gasteiger partial charge in [0.2, 0.25) is 0 Å². The summed E-state index contributed by atoms with van der Waals surface area (Å²) in [5.41, 5.74) is 0.928. The van der Waals surface area contributed by atoms with Crippen LogP contribution in [0.4, 0.5) is 4.39 Å². The molecule has 2 aromatic carbocycles. The maximum absolute atomic E-state index is 12.9. The molecule has 0 fully saturated rings. The molecular formula is C23H25FN2O4. The van der Waals surface area contributed by atoms with Crippen molar-refractivity contribution >= 4 is 5.91 Å². The van der Waals surface area contributed by atoms with Crippen molar-refractivity contribution in [1.29, 1.82) is 0 Å². The number of furan rings is 1. The average molecular weight is 412 g/mol. The zero-order valence-electron chi connectivity index (χ0n) is 17.1. The molecule has 0 saturated heterocycles. The number of hydrogen-bond acceptors (Lipinski definition) is 5. The number of likely N-dealkylation sites (N-methyl/N-ethyl adjacent to an activating group) is 1. The van der Waals surface area contributed by atoms with Crippen molar-refractivity contribution in [3.63, 3.8) is 0 Å². The van der Waals surface area contributed by atoms with Crippen LogP contribution in [0.3, 0.4) is 0 Å². The van der Waals surface area contributed by atoms with Gasteiger partial charge < -0.3 is 24.1 Å². The number of carbonyl (C=O) groups is 1. The van der Waals surface area contributed by atoms with Crippen LogP contribution >= 0.6 is 0 Å². The summed E-state index contributed by atoms with van der Waals surface area (Å²) < 4.78 is 29.7. The topological polar surface area (TPSA) is 63.9 Å². The smallest absolute Gasteiger partial charge is 0.287 e. The predicted molar refractivity (Wildman–Crippen MR) is 111 cm³/mol. The molecule has 0 aliphatic carbocycles. The van der Waals surface area contributed by atoms with E-state index < -0.39 is 0 Å². The Labute approximate surface area is 175 Å². The van der Waals surface area contributed by atoms with Crippen molar-refractivity contribution in [3.05, 3.63) is 83.6 Å². The van der Waals surface area contributed by atoms with Gasteiger partial charge in [-0.25, -0.2) is 4.39 Å². The van der Waals surface area contributed by atoms with E-state index in [4.69, 9.17) is 13.9 Å². The van der Waals surface area contributed by atoms with Crippen LogP contribution in [0.1, 0.15) is 21.9 Å². The Bertz CT molecular complexity index is 954. The third-order valence-corrected chi connectivity index (χ3v) is 4.24. The molecule has 1 N–H and O–H groups in total. The highest BCUT2D eigenvalue weighted by atomic mass is 19.1. The molecule has 1 aromatic heterocycles. The van der Waals surface area contributed by atoms with Gasteiger partial charge in [0.05, 0.1) is 0 Å². The number of ether oxygens (including phenoxy) is 2. The van der Waals surface area contributed by atoms with Crippen molar-refractivity contribution in [2.75, 3.05) is 27.2 Å². The lowest BCUT2D eigenvalue weighted by Gasteiger charge is -2.12. The molecule has 3 rings (SSSR count). The predicted octanol–water partition coefficient (Wildman–Crippen LogP) is 3.87. The fourth-order valence-electron chi connectivity index (χ4n) is 2.62. The molecule has 30 heavy (non-hydrogen) atoms. The number of rotatable bonds is 10. The minimum Gasteiger partial charge on any atom is -0.492 e. The third kappa shape index (κ3) is 6.63. The first kappa shape index (κ1) is 21.4. The summed E-state index contributed by atoms with van der Waals surface area (Å²) >= 11 is 0. The summed E-state index contributed by atoms with van der Waals surface area (Å²) in [7, 11) is 3.98. The number of halogens is 1. The second kappa shape index (κ2) is 10.5. The Morgan fingerprint density at radius 1 is 1.03 bits per heavy atom. The van der Waals surface area contributed by atoms with Crippen molar-refractivity contribution in [3.8, 4) is 11.5 Å². The first-order chi connectivity index (χ1) is 14.5. The van der Waals surface area contributed by atoms with E-state index in [0.29, 0.717) is 24.7 Å². The standard InChI is InChI=1S/C23H25FN2O4/c1-26(2)12-13-28-20-5-3-4-17(14-20)15-25-23(27)22-11-10-21(30-22)16-29-19-8-6-18(24)7-9-19/h3-11,14H,12-13,15-16H2,1-2H3,(H,25,27). The van der Waals surface area contributed by atoms with Gasteiger partial charge in [-0.15, -0.1) is 0 Å². The normalized spacial score (nSPS) is 10.8. The van der Waals surface area contributed by atoms with Gasteiger partial charge in [-0.1, -0.05) is 12.1 Å². The molecule has 0 saturated carbocycles. The Morgan fingerprint density at radius 2 is 1.83 bits per heavy atom. The fraction of sp³-hybridized carbons (Fsp3) is 0.261. The largest absolute Gasteiger partial charge is 0.492 e. The van der Waals surface area contributed by atoms with Gasteiger partial charge >= 0.3 is 0 Å². The van der Waals surface area contributed by atoms with E-state index in [1.54, 1.807) is 12.1 Å². The van der Waals surface area contributed by atoms with Gasteiger partial charge in [-0.05, 0) is 68.2 Å². The zero-order valence-corrected chi connectivity index (χ0v) is 17.1. The van der Waals surface area contributed by atoms with Crippen molar-refractivity contribution in [2.24, 2.45) is 0 Å². The van der Waals surface area contributed by atoms with E-state index in [1.807, 2.05) is 43.3 Å². The van der Waals surface area contributed by atoms with Crippen LogP contribution in [0.5, 0.6) is 11.5 Å². The highest BCUT2D eigenvalue weighted by Crippen LogP contribution is 2.16. The fourth-order valence-corrected chi connectivity index (χ4v) is 2.62. The Hall–Kier alpha value is -3.32. The average Bonchev–Trinajstić information content (AvgIpc) is 3.21. The number of amides is 1. The van der Waals surface area contributed by atoms with E-state index in [2.05, 4.69) is 5.32 Å². The van der Waals surface area contributed by atoms with E-state index in [1.165, 1.54) is 24.3 Å². The molecule has 0 atom stereocenters. The van der Waals surface area contributed by atoms with Crippen molar-refractivity contribution in [2.45, 2.75) is 13.2 Å². The van der Waals surface area contributed by atoms with Crippen LogP contribution in [-0.4, -0.2) is 38.1 Å². The Balaban J connectivity index is 1.47. The molecule has 1 heterocycles. The molecule has 0 radical (unpaired) electrons. The van der Waals surface area contributed by atoms with Crippen LogP contribution in [-0.2, 0) is 13.2 Å². The molecular weight excluding hydrogens is 387 g/mol. The minimum absolute atomic E-state index is 0.144. The molecule has 0 aliphatic rings. The second-order valence-corrected chi connectivity index (χ2v) is 6.99. The molecule has 6 nitrogen and oxygen atoms in total. The maximum atomic E-state index is 12.9. The summed E-state index contributed by atoms with van der Waals surface area (Å²) in [5, 5.41) is 2.83. The number of carbonyl (C=O) groups excluding carboxylic acids is 1. The lowest BCUT2D eigenvalue weighted by Crippen LogP contribution is -2.22. The van der Waals surface area contributed by atoms with Crippen LogP contribution in [0.2, 0.25) is 0 Å². The first-order valence-electron chi connectivity index (χ1n) is 9.61. The Kier molecular flexibility index (Phi) is 7.45. The SMILES string of the molecule is CN(C)CCOc1cccc(CNC(=O)c2ccc(COc3ccc(F)cc3)o2)c1. The quantitative estimate of drug-likeness (QED) is 0.548. The second-order valence-electron chi connectivity index (χ2n) is 6.99. The number of nitrogens with one attached hydrogen (secondary N) is 1. The maximum Gasteiger partial charge on any atom is 0.287 e. The zero-order chi connectivity index (χ0) is 21.3. The van der Waals surface area contributed by atoms with Crippen LogP contribution < -0.4 is 14.8 Å². The number of hydrogen-bond donors (Lipinski definition) is 1. The summed E-state index contributed by atoms with van der Waals surface area (Å²) in [6.45, 7) is 1.92. The lowest BCUT2D eigenvalue weighted by molar-refractivity contribution is 0.0919. The molecule has 0 aliphatic heterocycles. The molecule has 1 amide bonds. The Morgan fingerprint density at radius 3 is 2.60 bits per heavy atom. The van der Waals surface area contributed by atoms with Gasteiger partial charge in [0.1, 0.15) is 36.3 Å². The van der Waals surface area contributed by atoms with Gasteiger partial charge in [-0.3, -0.25) is 4.79 Å². The van der Waals surface area contributed by atoms with E-state index in [-0.39, 0.29) is 24.1 Å².